The molecule has 0 spiro atoms. The second-order valence-corrected chi connectivity index (χ2v) is 8.49. The Morgan fingerprint density at radius 3 is 2.23 bits per heavy atom. The second kappa shape index (κ2) is 9.69. The molecule has 1 unspecified atom stereocenters. The van der Waals surface area contributed by atoms with Crippen molar-refractivity contribution in [1.29, 1.82) is 0 Å². The van der Waals surface area contributed by atoms with E-state index >= 15 is 0 Å². The van der Waals surface area contributed by atoms with Gasteiger partial charge in [0.05, 0.1) is 16.6 Å². The van der Waals surface area contributed by atoms with E-state index in [1.54, 1.807) is 37.5 Å². The molecule has 2 rings (SSSR count). The van der Waals surface area contributed by atoms with Crippen LogP contribution in [0.3, 0.4) is 0 Å². The molecule has 6 nitrogen and oxygen atoms in total. The summed E-state index contributed by atoms with van der Waals surface area (Å²) in [5, 5.41) is 2.29. The van der Waals surface area contributed by atoms with Gasteiger partial charge in [0.15, 0.2) is 0 Å². The summed E-state index contributed by atoms with van der Waals surface area (Å²) in [7, 11) is 0. The minimum Gasteiger partial charge on any atom is -0.444 e. The Bertz CT molecular complexity index is 880. The van der Waals surface area contributed by atoms with E-state index in [2.05, 4.69) is 17.2 Å². The summed E-state index contributed by atoms with van der Waals surface area (Å²) in [6.45, 7) is 8.42. The molecule has 1 aromatic rings. The standard InChI is InChI=1S/C21H25ClF3N3O3/c1-14(5-6-15-7-8-16(17(22)13-15)21(23,24)25)26-18(29)27-9-11-28(12-10-27)19(30)31-20(2,3)4/h7-8,13-14H,9-12H2,1-4H3,(H,26,29). The van der Waals surface area contributed by atoms with Gasteiger partial charge in [0.25, 0.3) is 0 Å². The topological polar surface area (TPSA) is 61.9 Å². The molecule has 3 amide bonds. The zero-order chi connectivity index (χ0) is 23.4. The lowest BCUT2D eigenvalue weighted by Crippen LogP contribution is -2.54. The third-order valence-corrected chi connectivity index (χ3v) is 4.58. The molecule has 1 aliphatic heterocycles. The molecular formula is C21H25ClF3N3O3. The van der Waals surface area contributed by atoms with Crippen LogP contribution in [0.1, 0.15) is 38.8 Å². The first kappa shape index (κ1) is 24.7. The van der Waals surface area contributed by atoms with E-state index in [0.717, 1.165) is 12.1 Å². The third-order valence-electron chi connectivity index (χ3n) is 4.27. The van der Waals surface area contributed by atoms with Crippen molar-refractivity contribution in [1.82, 2.24) is 15.1 Å². The summed E-state index contributed by atoms with van der Waals surface area (Å²) in [5.74, 6) is 5.49. The van der Waals surface area contributed by atoms with Crippen LogP contribution in [0.25, 0.3) is 0 Å². The number of nitrogens with zero attached hydrogens (tertiary/aromatic N) is 2. The molecule has 0 bridgehead atoms. The average Bonchev–Trinajstić information content (AvgIpc) is 2.64. The molecule has 31 heavy (non-hydrogen) atoms. The van der Waals surface area contributed by atoms with Gasteiger partial charge < -0.3 is 19.9 Å². The minimum atomic E-state index is -4.53. The van der Waals surface area contributed by atoms with Crippen LogP contribution in [0.4, 0.5) is 22.8 Å². The van der Waals surface area contributed by atoms with Crippen molar-refractivity contribution >= 4 is 23.7 Å². The van der Waals surface area contributed by atoms with Gasteiger partial charge >= 0.3 is 18.3 Å². The normalized spacial score (nSPS) is 15.6. The van der Waals surface area contributed by atoms with Gasteiger partial charge in [-0.1, -0.05) is 23.4 Å². The summed E-state index contributed by atoms with van der Waals surface area (Å²) in [4.78, 5) is 27.6. The Morgan fingerprint density at radius 2 is 1.71 bits per heavy atom. The number of rotatable bonds is 1. The monoisotopic (exact) mass is 459 g/mol. The average molecular weight is 460 g/mol. The van der Waals surface area contributed by atoms with Gasteiger partial charge in [-0.05, 0) is 45.9 Å². The quantitative estimate of drug-likeness (QED) is 0.635. The highest BCUT2D eigenvalue weighted by Crippen LogP contribution is 2.34. The number of halogens is 4. The summed E-state index contributed by atoms with van der Waals surface area (Å²) in [5.41, 5.74) is -1.20. The van der Waals surface area contributed by atoms with Gasteiger partial charge in [0.2, 0.25) is 0 Å². The molecule has 1 saturated heterocycles. The van der Waals surface area contributed by atoms with Crippen molar-refractivity contribution in [3.63, 3.8) is 0 Å². The number of hydrogen-bond donors (Lipinski definition) is 1. The van der Waals surface area contributed by atoms with E-state index < -0.39 is 34.5 Å². The van der Waals surface area contributed by atoms with Crippen LogP contribution in [-0.4, -0.2) is 59.7 Å². The molecule has 0 saturated carbocycles. The number of carbonyl (C=O) groups is 2. The molecule has 1 aromatic carbocycles. The molecule has 0 aliphatic carbocycles. The number of alkyl halides is 3. The molecule has 170 valence electrons. The molecule has 1 fully saturated rings. The van der Waals surface area contributed by atoms with Crippen LogP contribution in [-0.2, 0) is 10.9 Å². The highest BCUT2D eigenvalue weighted by Gasteiger charge is 2.33. The highest BCUT2D eigenvalue weighted by molar-refractivity contribution is 6.31. The maximum Gasteiger partial charge on any atom is 0.417 e. The number of ether oxygens (including phenoxy) is 1. The van der Waals surface area contributed by atoms with Crippen molar-refractivity contribution in [3.8, 4) is 11.8 Å². The highest BCUT2D eigenvalue weighted by atomic mass is 35.5. The predicted molar refractivity (Wildman–Crippen MR) is 111 cm³/mol. The van der Waals surface area contributed by atoms with Crippen molar-refractivity contribution in [3.05, 3.63) is 34.3 Å². The summed E-state index contributed by atoms with van der Waals surface area (Å²) < 4.78 is 43.6. The fourth-order valence-electron chi connectivity index (χ4n) is 2.75. The van der Waals surface area contributed by atoms with Gasteiger partial charge in [0, 0.05) is 31.7 Å². The summed E-state index contributed by atoms with van der Waals surface area (Å²) in [6, 6.07) is 2.36. The Morgan fingerprint density at radius 1 is 1.13 bits per heavy atom. The van der Waals surface area contributed by atoms with E-state index in [9.17, 15) is 22.8 Å². The SMILES string of the molecule is CC(C#Cc1ccc(C(F)(F)F)c(Cl)c1)NC(=O)N1CCN(C(=O)OC(C)(C)C)CC1. The van der Waals surface area contributed by atoms with Crippen molar-refractivity contribution in [2.45, 2.75) is 45.5 Å². The van der Waals surface area contributed by atoms with E-state index in [-0.39, 0.29) is 6.03 Å². The number of carbonyl (C=O) groups excluding carboxylic acids is 2. The Balaban J connectivity index is 1.88. The first-order valence-electron chi connectivity index (χ1n) is 9.68. The molecule has 1 atom stereocenters. The van der Waals surface area contributed by atoms with E-state index in [4.69, 9.17) is 16.3 Å². The van der Waals surface area contributed by atoms with E-state index in [1.807, 2.05) is 0 Å². The first-order valence-corrected chi connectivity index (χ1v) is 10.1. The maximum absolute atomic E-state index is 12.8. The third kappa shape index (κ3) is 7.55. The van der Waals surface area contributed by atoms with E-state index in [0.29, 0.717) is 31.7 Å². The molecule has 0 radical (unpaired) electrons. The smallest absolute Gasteiger partial charge is 0.417 e. The van der Waals surface area contributed by atoms with Gasteiger partial charge in [0.1, 0.15) is 5.60 Å². The zero-order valence-corrected chi connectivity index (χ0v) is 18.5. The van der Waals surface area contributed by atoms with Crippen LogP contribution in [0, 0.1) is 11.8 Å². The van der Waals surface area contributed by atoms with Gasteiger partial charge in [-0.15, -0.1) is 0 Å². The van der Waals surface area contributed by atoms with Crippen LogP contribution in [0.5, 0.6) is 0 Å². The fraction of sp³-hybridized carbons (Fsp3) is 0.524. The van der Waals surface area contributed by atoms with Gasteiger partial charge in [-0.2, -0.15) is 13.2 Å². The van der Waals surface area contributed by atoms with Crippen LogP contribution in [0.15, 0.2) is 18.2 Å². The van der Waals surface area contributed by atoms with Gasteiger partial charge in [-0.25, -0.2) is 9.59 Å². The molecule has 1 aliphatic rings. The lowest BCUT2D eigenvalue weighted by Gasteiger charge is -2.35. The molecule has 1 N–H and O–H groups in total. The molecule has 10 heteroatoms. The van der Waals surface area contributed by atoms with Crippen molar-refractivity contribution in [2.75, 3.05) is 26.2 Å². The Hall–Kier alpha value is -2.60. The maximum atomic E-state index is 12.8. The molecular weight excluding hydrogens is 435 g/mol. The number of piperazine rings is 1. The van der Waals surface area contributed by atoms with Gasteiger partial charge in [-0.3, -0.25) is 0 Å². The van der Waals surface area contributed by atoms with Crippen LogP contribution < -0.4 is 5.32 Å². The minimum absolute atomic E-state index is 0.310. The number of amides is 3. The van der Waals surface area contributed by atoms with Crippen LogP contribution in [0.2, 0.25) is 5.02 Å². The largest absolute Gasteiger partial charge is 0.444 e. The Labute approximate surface area is 184 Å². The summed E-state index contributed by atoms with van der Waals surface area (Å²) in [6.07, 6.45) is -4.94. The predicted octanol–water partition coefficient (Wildman–Crippen LogP) is 4.36. The zero-order valence-electron chi connectivity index (χ0n) is 17.8. The van der Waals surface area contributed by atoms with E-state index in [1.165, 1.54) is 6.07 Å². The molecule has 0 aromatic heterocycles. The van der Waals surface area contributed by atoms with Crippen LogP contribution >= 0.6 is 11.6 Å². The molecule has 1 heterocycles. The summed E-state index contributed by atoms with van der Waals surface area (Å²) >= 11 is 5.68. The number of benzene rings is 1. The Kier molecular flexibility index (Phi) is 7.71. The number of nitrogens with one attached hydrogen (secondary N) is 1. The number of urea groups is 1. The number of hydrogen-bond acceptors (Lipinski definition) is 3. The van der Waals surface area contributed by atoms with Crippen molar-refractivity contribution < 1.29 is 27.5 Å². The lowest BCUT2D eigenvalue weighted by atomic mass is 10.1. The second-order valence-electron chi connectivity index (χ2n) is 8.09. The first-order chi connectivity index (χ1) is 14.3. The van der Waals surface area contributed by atoms with Crippen molar-refractivity contribution in [2.24, 2.45) is 0 Å². The fourth-order valence-corrected chi connectivity index (χ4v) is 3.03. The lowest BCUT2D eigenvalue weighted by molar-refractivity contribution is -0.137.